The van der Waals surface area contributed by atoms with Gasteiger partial charge < -0.3 is 14.7 Å². The number of rotatable bonds is 4. The number of methoxy groups -OCH3 is 1. The number of likely N-dealkylation sites (tertiary alicyclic amines) is 1. The maximum absolute atomic E-state index is 12.5. The monoisotopic (exact) mass is 376 g/mol. The molecule has 0 unspecified atom stereocenters. The maximum atomic E-state index is 12.5. The first kappa shape index (κ1) is 18.3. The second-order valence-corrected chi connectivity index (χ2v) is 7.13. The van der Waals surface area contributed by atoms with Crippen molar-refractivity contribution in [3.05, 3.63) is 28.7 Å². The number of thioether (sulfide) groups is 1. The summed E-state index contributed by atoms with van der Waals surface area (Å²) < 4.78 is 5.04. The van der Waals surface area contributed by atoms with Gasteiger partial charge in [-0.15, -0.1) is 0 Å². The SMILES string of the molecule is COc1cc(C=C2SC(=O)N(CC(=O)N3CCCCC3)C2=O)ccc1O. The van der Waals surface area contributed by atoms with Crippen molar-refractivity contribution in [3.63, 3.8) is 0 Å². The highest BCUT2D eigenvalue weighted by atomic mass is 32.2. The van der Waals surface area contributed by atoms with Crippen molar-refractivity contribution in [3.8, 4) is 11.5 Å². The topological polar surface area (TPSA) is 87.2 Å². The summed E-state index contributed by atoms with van der Waals surface area (Å²) in [6.45, 7) is 1.14. The molecule has 7 nitrogen and oxygen atoms in total. The maximum Gasteiger partial charge on any atom is 0.294 e. The highest BCUT2D eigenvalue weighted by molar-refractivity contribution is 8.18. The molecule has 0 saturated carbocycles. The largest absolute Gasteiger partial charge is 0.504 e. The van der Waals surface area contributed by atoms with Gasteiger partial charge in [0.15, 0.2) is 11.5 Å². The second-order valence-electron chi connectivity index (χ2n) is 6.14. The van der Waals surface area contributed by atoms with E-state index >= 15 is 0 Å². The number of carbonyl (C=O) groups excluding carboxylic acids is 3. The number of phenols is 1. The summed E-state index contributed by atoms with van der Waals surface area (Å²) in [7, 11) is 1.43. The molecule has 3 amide bonds. The highest BCUT2D eigenvalue weighted by Crippen LogP contribution is 2.34. The Morgan fingerprint density at radius 3 is 2.69 bits per heavy atom. The van der Waals surface area contributed by atoms with Crippen LogP contribution in [0.1, 0.15) is 24.8 Å². The Morgan fingerprint density at radius 1 is 1.27 bits per heavy atom. The van der Waals surface area contributed by atoms with Crippen molar-refractivity contribution < 1.29 is 24.2 Å². The molecule has 0 radical (unpaired) electrons. The van der Waals surface area contributed by atoms with Crippen LogP contribution in [-0.4, -0.2) is 58.7 Å². The summed E-state index contributed by atoms with van der Waals surface area (Å²) >= 11 is 0.807. The van der Waals surface area contributed by atoms with E-state index in [9.17, 15) is 19.5 Å². The molecule has 2 aliphatic rings. The van der Waals surface area contributed by atoms with E-state index in [1.807, 2.05) is 0 Å². The van der Waals surface area contributed by atoms with Crippen LogP contribution in [-0.2, 0) is 9.59 Å². The number of hydrogen-bond acceptors (Lipinski definition) is 6. The Hall–Kier alpha value is -2.48. The van der Waals surface area contributed by atoms with Gasteiger partial charge in [-0.25, -0.2) is 0 Å². The van der Waals surface area contributed by atoms with Gasteiger partial charge in [0.2, 0.25) is 5.91 Å². The van der Waals surface area contributed by atoms with Gasteiger partial charge in [-0.2, -0.15) is 0 Å². The lowest BCUT2D eigenvalue weighted by Crippen LogP contribution is -2.44. The summed E-state index contributed by atoms with van der Waals surface area (Å²) in [6, 6.07) is 4.64. The van der Waals surface area contributed by atoms with Gasteiger partial charge in [-0.05, 0) is 54.8 Å². The Kier molecular flexibility index (Phi) is 5.51. The van der Waals surface area contributed by atoms with Crippen LogP contribution >= 0.6 is 11.8 Å². The van der Waals surface area contributed by atoms with Crippen LogP contribution in [0.4, 0.5) is 4.79 Å². The molecule has 26 heavy (non-hydrogen) atoms. The smallest absolute Gasteiger partial charge is 0.294 e. The number of carbonyl (C=O) groups is 3. The fourth-order valence-electron chi connectivity index (χ4n) is 2.95. The van der Waals surface area contributed by atoms with E-state index in [-0.39, 0.29) is 28.9 Å². The Morgan fingerprint density at radius 2 is 2.00 bits per heavy atom. The average molecular weight is 376 g/mol. The van der Waals surface area contributed by atoms with Gasteiger partial charge in [0.1, 0.15) is 6.54 Å². The standard InChI is InChI=1S/C18H20N2O5S/c1-25-14-9-12(5-6-13(14)21)10-15-17(23)20(18(24)26-15)11-16(22)19-7-3-2-4-8-19/h5-6,9-10,21H,2-4,7-8,11H2,1H3. The minimum Gasteiger partial charge on any atom is -0.504 e. The van der Waals surface area contributed by atoms with Gasteiger partial charge in [-0.1, -0.05) is 6.07 Å². The minimum atomic E-state index is -0.475. The molecule has 2 heterocycles. The molecule has 2 aliphatic heterocycles. The lowest BCUT2D eigenvalue weighted by molar-refractivity contribution is -0.136. The predicted molar refractivity (Wildman–Crippen MR) is 97.8 cm³/mol. The molecule has 8 heteroatoms. The van der Waals surface area contributed by atoms with Crippen molar-refractivity contribution >= 4 is 34.9 Å². The quantitative estimate of drug-likeness (QED) is 0.812. The Balaban J connectivity index is 1.73. The molecule has 0 spiro atoms. The Labute approximate surface area is 155 Å². The molecule has 3 rings (SSSR count). The average Bonchev–Trinajstić information content (AvgIpc) is 2.91. The highest BCUT2D eigenvalue weighted by Gasteiger charge is 2.37. The van der Waals surface area contributed by atoms with E-state index in [4.69, 9.17) is 4.74 Å². The van der Waals surface area contributed by atoms with Gasteiger partial charge >= 0.3 is 0 Å². The summed E-state index contributed by atoms with van der Waals surface area (Å²) in [5.41, 5.74) is 0.618. The molecular formula is C18H20N2O5S. The molecule has 0 atom stereocenters. The van der Waals surface area contributed by atoms with Crippen molar-refractivity contribution in [1.82, 2.24) is 9.80 Å². The molecule has 2 fully saturated rings. The zero-order valence-corrected chi connectivity index (χ0v) is 15.3. The van der Waals surface area contributed by atoms with Crippen LogP contribution < -0.4 is 4.74 Å². The van der Waals surface area contributed by atoms with Crippen molar-refractivity contribution in [2.75, 3.05) is 26.7 Å². The molecular weight excluding hydrogens is 356 g/mol. The lowest BCUT2D eigenvalue weighted by atomic mass is 10.1. The number of imide groups is 1. The summed E-state index contributed by atoms with van der Waals surface area (Å²) in [5, 5.41) is 9.19. The normalized spacial score (nSPS) is 19.3. The van der Waals surface area contributed by atoms with E-state index in [2.05, 4.69) is 0 Å². The second kappa shape index (κ2) is 7.82. The fraction of sp³-hybridized carbons (Fsp3) is 0.389. The van der Waals surface area contributed by atoms with Crippen molar-refractivity contribution in [2.45, 2.75) is 19.3 Å². The molecule has 138 valence electrons. The molecule has 0 bridgehead atoms. The van der Waals surface area contributed by atoms with E-state index in [0.717, 1.165) is 35.9 Å². The van der Waals surface area contributed by atoms with Crippen LogP contribution in [0.15, 0.2) is 23.1 Å². The van der Waals surface area contributed by atoms with Crippen molar-refractivity contribution in [1.29, 1.82) is 0 Å². The number of aromatic hydroxyl groups is 1. The van der Waals surface area contributed by atoms with Gasteiger partial charge in [0.05, 0.1) is 12.0 Å². The summed E-state index contributed by atoms with van der Waals surface area (Å²) in [5.74, 6) is -0.403. The summed E-state index contributed by atoms with van der Waals surface area (Å²) in [6.07, 6.45) is 4.56. The first-order chi connectivity index (χ1) is 12.5. The van der Waals surface area contributed by atoms with Crippen LogP contribution in [0.2, 0.25) is 0 Å². The summed E-state index contributed by atoms with van der Waals surface area (Å²) in [4.78, 5) is 40.0. The number of ether oxygens (including phenoxy) is 1. The number of nitrogens with zero attached hydrogens (tertiary/aromatic N) is 2. The first-order valence-corrected chi connectivity index (χ1v) is 9.21. The first-order valence-electron chi connectivity index (χ1n) is 8.40. The van der Waals surface area contributed by atoms with E-state index in [1.54, 1.807) is 23.1 Å². The van der Waals surface area contributed by atoms with Crippen LogP contribution in [0.3, 0.4) is 0 Å². The Bertz CT molecular complexity index is 771. The van der Waals surface area contributed by atoms with Crippen LogP contribution in [0, 0.1) is 0 Å². The van der Waals surface area contributed by atoms with E-state index in [0.29, 0.717) is 18.7 Å². The molecule has 1 N–H and O–H groups in total. The van der Waals surface area contributed by atoms with Crippen LogP contribution in [0.25, 0.3) is 6.08 Å². The zero-order valence-electron chi connectivity index (χ0n) is 14.4. The number of phenolic OH excluding ortho intramolecular Hbond substituents is 1. The minimum absolute atomic E-state index is 0.00937. The van der Waals surface area contributed by atoms with Gasteiger partial charge in [0.25, 0.3) is 11.1 Å². The number of hydrogen-bond donors (Lipinski definition) is 1. The third-order valence-electron chi connectivity index (χ3n) is 4.38. The van der Waals surface area contributed by atoms with Gasteiger partial charge in [-0.3, -0.25) is 19.3 Å². The fourth-order valence-corrected chi connectivity index (χ4v) is 3.79. The number of piperidine rings is 1. The zero-order chi connectivity index (χ0) is 18.7. The van der Waals surface area contributed by atoms with Crippen LogP contribution in [0.5, 0.6) is 11.5 Å². The number of benzene rings is 1. The molecule has 1 aromatic carbocycles. The lowest BCUT2D eigenvalue weighted by Gasteiger charge is -2.27. The van der Waals surface area contributed by atoms with Gasteiger partial charge in [0, 0.05) is 13.1 Å². The molecule has 0 aliphatic carbocycles. The van der Waals surface area contributed by atoms with E-state index < -0.39 is 11.1 Å². The number of amides is 3. The molecule has 2 saturated heterocycles. The predicted octanol–water partition coefficient (Wildman–Crippen LogP) is 2.45. The molecule has 1 aromatic rings. The van der Waals surface area contributed by atoms with Crippen molar-refractivity contribution in [2.24, 2.45) is 0 Å². The molecule has 0 aromatic heterocycles. The third-order valence-corrected chi connectivity index (χ3v) is 5.28. The van der Waals surface area contributed by atoms with E-state index in [1.165, 1.54) is 13.2 Å². The third kappa shape index (κ3) is 3.85.